The number of hydrogen-bond donors (Lipinski definition) is 1. The molecule has 2 aliphatic heterocycles. The number of nitrogens with one attached hydrogen (secondary N) is 1. The summed E-state index contributed by atoms with van der Waals surface area (Å²) in [6.45, 7) is 13.3. The number of piperazine rings is 1. The zero-order valence-electron chi connectivity index (χ0n) is 23.3. The van der Waals surface area contributed by atoms with E-state index in [4.69, 9.17) is 29.3 Å². The standard InChI is InChI=1S/C26H37N9O4/c1-6-37-11-10-35-22-21(19(32-35)15-38-7-2)30-24(31-23(22)29-20-8-9-27-16-28-20)33-13-18-12-17(33)14-34(18)25(36)39-26(3,4)5/h8-9,16-18H,6-7,10-15H2,1-5H3,(H,27,28,29,30,31)/t17-,18-/m0/s1. The quantitative estimate of drug-likeness (QED) is 0.381. The third kappa shape index (κ3) is 5.88. The molecule has 1 amide bonds. The summed E-state index contributed by atoms with van der Waals surface area (Å²) in [6, 6.07) is 1.92. The first-order valence-electron chi connectivity index (χ1n) is 13.5. The molecule has 1 N–H and O–H groups in total. The van der Waals surface area contributed by atoms with Crippen molar-refractivity contribution < 1.29 is 19.0 Å². The van der Waals surface area contributed by atoms with E-state index in [0.29, 0.717) is 69.2 Å². The van der Waals surface area contributed by atoms with Crippen molar-refractivity contribution >= 4 is 34.7 Å². The summed E-state index contributed by atoms with van der Waals surface area (Å²) in [5, 5.41) is 8.19. The number of amides is 1. The lowest BCUT2D eigenvalue weighted by atomic mass is 10.2. The minimum atomic E-state index is -0.534. The van der Waals surface area contributed by atoms with Crippen molar-refractivity contribution in [2.75, 3.05) is 43.1 Å². The van der Waals surface area contributed by atoms with Gasteiger partial charge in [-0.3, -0.25) is 4.68 Å². The van der Waals surface area contributed by atoms with Crippen molar-refractivity contribution in [1.82, 2.24) is 34.6 Å². The van der Waals surface area contributed by atoms with Gasteiger partial charge in [-0.1, -0.05) is 0 Å². The zero-order chi connectivity index (χ0) is 27.6. The highest BCUT2D eigenvalue weighted by Crippen LogP contribution is 2.36. The van der Waals surface area contributed by atoms with Crippen LogP contribution in [0, 0.1) is 0 Å². The molecule has 5 heterocycles. The monoisotopic (exact) mass is 539 g/mol. The Labute approximate surface area is 227 Å². The molecule has 3 aromatic rings. The van der Waals surface area contributed by atoms with Crippen LogP contribution in [-0.4, -0.2) is 91.3 Å². The first kappa shape index (κ1) is 27.0. The van der Waals surface area contributed by atoms with Crippen LogP contribution >= 0.6 is 0 Å². The van der Waals surface area contributed by atoms with Gasteiger partial charge in [0.2, 0.25) is 5.95 Å². The van der Waals surface area contributed by atoms with Crippen LogP contribution in [-0.2, 0) is 27.4 Å². The molecule has 0 aliphatic carbocycles. The lowest BCUT2D eigenvalue weighted by molar-refractivity contribution is 0.0214. The number of likely N-dealkylation sites (tertiary alicyclic amines) is 1. The first-order chi connectivity index (χ1) is 18.8. The van der Waals surface area contributed by atoms with E-state index >= 15 is 0 Å². The second-order valence-electron chi connectivity index (χ2n) is 10.6. The number of carbonyl (C=O) groups is 1. The molecule has 0 unspecified atom stereocenters. The fourth-order valence-corrected chi connectivity index (χ4v) is 5.04. The van der Waals surface area contributed by atoms with E-state index < -0.39 is 5.60 Å². The van der Waals surface area contributed by atoms with Crippen molar-refractivity contribution in [2.24, 2.45) is 0 Å². The predicted octanol–water partition coefficient (Wildman–Crippen LogP) is 3.13. The second-order valence-corrected chi connectivity index (χ2v) is 10.6. The zero-order valence-corrected chi connectivity index (χ0v) is 23.3. The average molecular weight is 540 g/mol. The van der Waals surface area contributed by atoms with E-state index in [2.05, 4.69) is 20.2 Å². The third-order valence-electron chi connectivity index (χ3n) is 6.69. The molecule has 2 aliphatic rings. The van der Waals surface area contributed by atoms with E-state index in [-0.39, 0.29) is 18.2 Å². The second kappa shape index (κ2) is 11.3. The number of nitrogens with zero attached hydrogens (tertiary/aromatic N) is 8. The number of hydrogen-bond acceptors (Lipinski definition) is 11. The normalized spacial score (nSPS) is 18.8. The van der Waals surface area contributed by atoms with E-state index in [1.165, 1.54) is 6.33 Å². The molecule has 210 valence electrons. The van der Waals surface area contributed by atoms with E-state index in [1.54, 1.807) is 12.3 Å². The summed E-state index contributed by atoms with van der Waals surface area (Å²) in [5.41, 5.74) is 1.67. The van der Waals surface area contributed by atoms with Crippen LogP contribution in [0.5, 0.6) is 0 Å². The van der Waals surface area contributed by atoms with Gasteiger partial charge in [-0.2, -0.15) is 10.1 Å². The van der Waals surface area contributed by atoms with Crippen LogP contribution in [0.4, 0.5) is 22.4 Å². The highest BCUT2D eigenvalue weighted by Gasteiger charge is 2.47. The summed E-state index contributed by atoms with van der Waals surface area (Å²) in [7, 11) is 0. The van der Waals surface area contributed by atoms with Crippen LogP contribution in [0.2, 0.25) is 0 Å². The van der Waals surface area contributed by atoms with Gasteiger partial charge in [0.15, 0.2) is 5.82 Å². The van der Waals surface area contributed by atoms with E-state index in [0.717, 1.165) is 17.6 Å². The van der Waals surface area contributed by atoms with Gasteiger partial charge >= 0.3 is 6.09 Å². The van der Waals surface area contributed by atoms with Crippen LogP contribution in [0.1, 0.15) is 46.7 Å². The van der Waals surface area contributed by atoms with Crippen molar-refractivity contribution in [1.29, 1.82) is 0 Å². The molecule has 0 aromatic carbocycles. The van der Waals surface area contributed by atoms with Gasteiger partial charge in [0, 0.05) is 32.5 Å². The molecule has 2 fully saturated rings. The van der Waals surface area contributed by atoms with Gasteiger partial charge in [0.1, 0.15) is 34.5 Å². The molecule has 2 saturated heterocycles. The summed E-state index contributed by atoms with van der Waals surface area (Å²) in [5.74, 6) is 1.78. The Morgan fingerprint density at radius 3 is 2.62 bits per heavy atom. The van der Waals surface area contributed by atoms with Crippen LogP contribution < -0.4 is 10.2 Å². The molecule has 13 nitrogen and oxygen atoms in total. The molecule has 0 saturated carbocycles. The Bertz CT molecular complexity index is 1290. The lowest BCUT2D eigenvalue weighted by Crippen LogP contribution is -2.50. The van der Waals surface area contributed by atoms with Gasteiger partial charge < -0.3 is 29.3 Å². The lowest BCUT2D eigenvalue weighted by Gasteiger charge is -2.35. The largest absolute Gasteiger partial charge is 0.444 e. The third-order valence-corrected chi connectivity index (χ3v) is 6.69. The Morgan fingerprint density at radius 2 is 1.95 bits per heavy atom. The first-order valence-corrected chi connectivity index (χ1v) is 13.5. The minimum Gasteiger partial charge on any atom is -0.444 e. The molecule has 3 aromatic heterocycles. The maximum atomic E-state index is 12.8. The van der Waals surface area contributed by atoms with Crippen LogP contribution in [0.3, 0.4) is 0 Å². The molecular weight excluding hydrogens is 502 g/mol. The van der Waals surface area contributed by atoms with E-state index in [1.807, 2.05) is 44.2 Å². The highest BCUT2D eigenvalue weighted by atomic mass is 16.6. The van der Waals surface area contributed by atoms with Crippen LogP contribution in [0.25, 0.3) is 11.0 Å². The van der Waals surface area contributed by atoms with Crippen molar-refractivity contribution in [3.63, 3.8) is 0 Å². The van der Waals surface area contributed by atoms with Gasteiger partial charge in [-0.15, -0.1) is 0 Å². The number of carbonyl (C=O) groups excluding carboxylic acids is 1. The van der Waals surface area contributed by atoms with Gasteiger partial charge in [0.25, 0.3) is 0 Å². The van der Waals surface area contributed by atoms with Gasteiger partial charge in [-0.25, -0.2) is 19.7 Å². The minimum absolute atomic E-state index is 0.0410. The molecule has 39 heavy (non-hydrogen) atoms. The Morgan fingerprint density at radius 1 is 1.13 bits per heavy atom. The van der Waals surface area contributed by atoms with Crippen molar-refractivity contribution in [3.8, 4) is 0 Å². The smallest absolute Gasteiger partial charge is 0.410 e. The molecule has 5 rings (SSSR count). The molecule has 2 atom stereocenters. The average Bonchev–Trinajstić information content (AvgIpc) is 3.60. The maximum absolute atomic E-state index is 12.8. The fraction of sp³-hybridized carbons (Fsp3) is 0.615. The van der Waals surface area contributed by atoms with E-state index in [9.17, 15) is 4.79 Å². The SMILES string of the molecule is CCOCCn1nc(COCC)c2nc(N3C[C@@H]4C[C@H]3CN4C(=O)OC(C)(C)C)nc(Nc3ccncn3)c21. The summed E-state index contributed by atoms with van der Waals surface area (Å²) in [6.07, 6.45) is 3.73. The topological polar surface area (TPSA) is 133 Å². The summed E-state index contributed by atoms with van der Waals surface area (Å²) >= 11 is 0. The fourth-order valence-electron chi connectivity index (χ4n) is 5.04. The summed E-state index contributed by atoms with van der Waals surface area (Å²) in [4.78, 5) is 35.1. The molecule has 2 bridgehead atoms. The Hall–Kier alpha value is -3.58. The highest BCUT2D eigenvalue weighted by molar-refractivity contribution is 5.90. The number of anilines is 3. The van der Waals surface area contributed by atoms with Gasteiger partial charge in [0.05, 0.1) is 31.8 Å². The molecular formula is C26H37N9O4. The van der Waals surface area contributed by atoms with Crippen LogP contribution in [0.15, 0.2) is 18.6 Å². The Balaban J connectivity index is 1.50. The number of ether oxygens (including phenoxy) is 3. The number of rotatable bonds is 10. The number of fused-ring (bicyclic) bond motifs is 3. The predicted molar refractivity (Wildman–Crippen MR) is 145 cm³/mol. The van der Waals surface area contributed by atoms with Crippen molar-refractivity contribution in [3.05, 3.63) is 24.3 Å². The molecule has 0 radical (unpaired) electrons. The van der Waals surface area contributed by atoms with Crippen molar-refractivity contribution in [2.45, 2.75) is 71.9 Å². The summed E-state index contributed by atoms with van der Waals surface area (Å²) < 4.78 is 18.9. The number of aromatic nitrogens is 6. The maximum Gasteiger partial charge on any atom is 0.410 e. The molecule has 13 heteroatoms. The Kier molecular flexibility index (Phi) is 7.80. The van der Waals surface area contributed by atoms with Gasteiger partial charge in [-0.05, 0) is 47.1 Å². The molecule has 0 spiro atoms.